The molecule has 3 amide bonds. The van der Waals surface area contributed by atoms with Crippen molar-refractivity contribution in [3.8, 4) is 11.5 Å². The van der Waals surface area contributed by atoms with Gasteiger partial charge < -0.3 is 9.32 Å². The number of carbonyl (C=O) groups is 3. The molecule has 0 radical (unpaired) electrons. The van der Waals surface area contributed by atoms with E-state index in [-0.39, 0.29) is 41.8 Å². The van der Waals surface area contributed by atoms with Crippen LogP contribution in [0.4, 0.5) is 8.78 Å². The van der Waals surface area contributed by atoms with Gasteiger partial charge in [0.05, 0.1) is 46.6 Å². The number of hydrogen-bond acceptors (Lipinski definition) is 7. The lowest BCUT2D eigenvalue weighted by Gasteiger charge is -2.41. The maximum atomic E-state index is 13.4. The first kappa shape index (κ1) is 21.5. The van der Waals surface area contributed by atoms with E-state index in [0.29, 0.717) is 35.2 Å². The molecule has 0 bridgehead atoms. The summed E-state index contributed by atoms with van der Waals surface area (Å²) in [6.45, 7) is 0.227. The number of aromatic nitrogens is 3. The molecule has 178 valence electrons. The lowest BCUT2D eigenvalue weighted by molar-refractivity contribution is 0.0305. The van der Waals surface area contributed by atoms with E-state index < -0.39 is 18.4 Å². The maximum absolute atomic E-state index is 13.4. The average Bonchev–Trinajstić information content (AvgIpc) is 3.55. The molecule has 0 N–H and O–H groups in total. The predicted octanol–water partition coefficient (Wildman–Crippen LogP) is 3.63. The Balaban J connectivity index is 1.29. The molecule has 0 unspecified atom stereocenters. The first-order valence-corrected chi connectivity index (χ1v) is 11.3. The fraction of sp³-hybridized carbons (Fsp3) is 0.333. The van der Waals surface area contributed by atoms with E-state index in [1.165, 1.54) is 17.2 Å². The van der Waals surface area contributed by atoms with E-state index in [1.54, 1.807) is 29.2 Å². The average molecular weight is 479 g/mol. The molecular formula is C24H19F2N5O4. The van der Waals surface area contributed by atoms with Crippen molar-refractivity contribution in [1.82, 2.24) is 25.0 Å². The first-order valence-electron chi connectivity index (χ1n) is 11.3. The fourth-order valence-electron chi connectivity index (χ4n) is 5.28. The summed E-state index contributed by atoms with van der Waals surface area (Å²) in [5, 5.41) is 6.94. The lowest BCUT2D eigenvalue weighted by atomic mass is 9.88. The second kappa shape index (κ2) is 8.03. The second-order valence-electron chi connectivity index (χ2n) is 8.84. The number of benzene rings is 1. The molecular weight excluding hydrogens is 460 g/mol. The molecule has 1 aliphatic carbocycles. The Morgan fingerprint density at radius 2 is 1.60 bits per heavy atom. The number of nitrogens with zero attached hydrogens (tertiary/aromatic N) is 5. The van der Waals surface area contributed by atoms with Crippen LogP contribution in [0, 0.1) is 0 Å². The number of amides is 3. The van der Waals surface area contributed by atoms with Gasteiger partial charge in [-0.1, -0.05) is 25.0 Å². The zero-order chi connectivity index (χ0) is 24.3. The molecule has 2 aromatic heterocycles. The van der Waals surface area contributed by atoms with Gasteiger partial charge in [-0.15, -0.1) is 10.2 Å². The van der Waals surface area contributed by atoms with Gasteiger partial charge in [-0.25, -0.2) is 0 Å². The molecule has 1 fully saturated rings. The van der Waals surface area contributed by atoms with E-state index in [0.717, 1.165) is 12.8 Å². The van der Waals surface area contributed by atoms with Gasteiger partial charge in [-0.05, 0) is 31.0 Å². The van der Waals surface area contributed by atoms with E-state index in [2.05, 4.69) is 15.2 Å². The van der Waals surface area contributed by atoms with Crippen molar-refractivity contribution in [2.24, 2.45) is 0 Å². The van der Waals surface area contributed by atoms with Gasteiger partial charge in [0, 0.05) is 6.20 Å². The van der Waals surface area contributed by atoms with Crippen molar-refractivity contribution in [2.75, 3.05) is 0 Å². The van der Waals surface area contributed by atoms with Gasteiger partial charge in [-0.2, -0.15) is 8.78 Å². The predicted molar refractivity (Wildman–Crippen MR) is 115 cm³/mol. The molecule has 6 rings (SSSR count). The van der Waals surface area contributed by atoms with Gasteiger partial charge in [0.2, 0.25) is 5.89 Å². The summed E-state index contributed by atoms with van der Waals surface area (Å²) in [7, 11) is 0. The summed E-state index contributed by atoms with van der Waals surface area (Å²) in [4.78, 5) is 47.0. The van der Waals surface area contributed by atoms with Crippen LogP contribution in [-0.4, -0.2) is 54.8 Å². The van der Waals surface area contributed by atoms with Crippen molar-refractivity contribution >= 4 is 17.7 Å². The minimum Gasteiger partial charge on any atom is -0.415 e. The third-order valence-electron chi connectivity index (χ3n) is 6.91. The number of pyridine rings is 1. The topological polar surface area (TPSA) is 109 Å². The Labute approximate surface area is 197 Å². The molecule has 4 heterocycles. The summed E-state index contributed by atoms with van der Waals surface area (Å²) >= 11 is 0. The van der Waals surface area contributed by atoms with Gasteiger partial charge in [0.1, 0.15) is 0 Å². The SMILES string of the molecule is O=C1c2cc(-c3nnc(C(F)F)o3)cnc2CN1[C@@H]1CCCC[C@H]1N1C(=O)c2ccccc2C1=O. The standard InChI is InChI=1S/C24H19F2N5O4/c25-19(26)21-29-28-20(35-21)12-9-15-16(27-10-12)11-30(22(15)32)17-7-3-4-8-18(17)31-23(33)13-5-1-2-6-14(13)24(31)34/h1-2,5-6,9-10,17-19H,3-4,7-8,11H2/t17-,18-/m1/s1. The third kappa shape index (κ3) is 3.33. The van der Waals surface area contributed by atoms with E-state index in [1.807, 2.05) is 0 Å². The molecule has 0 saturated heterocycles. The van der Waals surface area contributed by atoms with Crippen molar-refractivity contribution < 1.29 is 27.6 Å². The highest BCUT2D eigenvalue weighted by Crippen LogP contribution is 2.37. The normalized spacial score (nSPS) is 21.7. The van der Waals surface area contributed by atoms with Gasteiger partial charge in [-0.3, -0.25) is 24.3 Å². The Hall–Kier alpha value is -4.02. The molecule has 3 aromatic rings. The third-order valence-corrected chi connectivity index (χ3v) is 6.91. The summed E-state index contributed by atoms with van der Waals surface area (Å²) in [5.41, 5.74) is 1.86. The second-order valence-corrected chi connectivity index (χ2v) is 8.84. The van der Waals surface area contributed by atoms with Crippen LogP contribution in [0.5, 0.6) is 0 Å². The fourth-order valence-corrected chi connectivity index (χ4v) is 5.28. The summed E-state index contributed by atoms with van der Waals surface area (Å²) in [5.74, 6) is -1.92. The Bertz CT molecular complexity index is 1340. The van der Waals surface area contributed by atoms with E-state index in [9.17, 15) is 23.2 Å². The summed E-state index contributed by atoms with van der Waals surface area (Å²) in [6, 6.07) is 7.45. The molecule has 3 aliphatic rings. The van der Waals surface area contributed by atoms with E-state index in [4.69, 9.17) is 4.42 Å². The summed E-state index contributed by atoms with van der Waals surface area (Å²) in [6.07, 6.45) is 1.46. The van der Waals surface area contributed by atoms with Crippen LogP contribution in [0.3, 0.4) is 0 Å². The highest BCUT2D eigenvalue weighted by atomic mass is 19.3. The van der Waals surface area contributed by atoms with Crippen LogP contribution in [-0.2, 0) is 6.54 Å². The van der Waals surface area contributed by atoms with Gasteiger partial charge in [0.15, 0.2) is 0 Å². The molecule has 2 aliphatic heterocycles. The highest BCUT2D eigenvalue weighted by molar-refractivity contribution is 6.21. The van der Waals surface area contributed by atoms with Crippen LogP contribution >= 0.6 is 0 Å². The zero-order valence-electron chi connectivity index (χ0n) is 18.4. The highest BCUT2D eigenvalue weighted by Gasteiger charge is 2.47. The van der Waals surface area contributed by atoms with Crippen molar-refractivity contribution in [2.45, 2.75) is 50.7 Å². The Morgan fingerprint density at radius 1 is 0.914 bits per heavy atom. The molecule has 0 spiro atoms. The number of carbonyl (C=O) groups excluding carboxylic acids is 3. The Kier molecular flexibility index (Phi) is 4.94. The van der Waals surface area contributed by atoms with Crippen LogP contribution in [0.1, 0.15) is 74.8 Å². The molecule has 9 nitrogen and oxygen atoms in total. The number of fused-ring (bicyclic) bond motifs is 2. The van der Waals surface area contributed by atoms with Crippen molar-refractivity contribution in [1.29, 1.82) is 0 Å². The van der Waals surface area contributed by atoms with Crippen molar-refractivity contribution in [3.63, 3.8) is 0 Å². The largest absolute Gasteiger partial charge is 0.415 e. The Morgan fingerprint density at radius 3 is 2.26 bits per heavy atom. The quantitative estimate of drug-likeness (QED) is 0.526. The van der Waals surface area contributed by atoms with E-state index >= 15 is 0 Å². The minimum absolute atomic E-state index is 0.150. The van der Waals surface area contributed by atoms with Crippen LogP contribution in [0.2, 0.25) is 0 Å². The number of rotatable bonds is 4. The van der Waals surface area contributed by atoms with Crippen LogP contribution in [0.15, 0.2) is 40.9 Å². The zero-order valence-corrected chi connectivity index (χ0v) is 18.4. The monoisotopic (exact) mass is 479 g/mol. The molecule has 35 heavy (non-hydrogen) atoms. The lowest BCUT2D eigenvalue weighted by Crippen LogP contribution is -2.55. The maximum Gasteiger partial charge on any atom is 0.314 e. The first-order chi connectivity index (χ1) is 16.9. The molecule has 1 saturated carbocycles. The molecule has 11 heteroatoms. The summed E-state index contributed by atoms with van der Waals surface area (Å²) < 4.78 is 30.6. The van der Waals surface area contributed by atoms with Crippen LogP contribution < -0.4 is 0 Å². The van der Waals surface area contributed by atoms with Gasteiger partial charge in [0.25, 0.3) is 23.6 Å². The number of alkyl halides is 2. The molecule has 1 aromatic carbocycles. The molecule has 2 atom stereocenters. The van der Waals surface area contributed by atoms with Crippen molar-refractivity contribution in [3.05, 3.63) is 64.8 Å². The van der Waals surface area contributed by atoms with Crippen LogP contribution in [0.25, 0.3) is 11.5 Å². The number of halogens is 2. The number of hydrogen-bond donors (Lipinski definition) is 0. The smallest absolute Gasteiger partial charge is 0.314 e. The number of imide groups is 1. The van der Waals surface area contributed by atoms with Gasteiger partial charge >= 0.3 is 6.43 Å². The minimum atomic E-state index is -2.90.